The number of rotatable bonds is 2. The summed E-state index contributed by atoms with van der Waals surface area (Å²) in [4.78, 5) is -0.995. The van der Waals surface area contributed by atoms with Crippen molar-refractivity contribution in [2.75, 3.05) is 0 Å². The summed E-state index contributed by atoms with van der Waals surface area (Å²) in [6.07, 6.45) is -4.60. The SMILES string of the molecule is Cc1ccc(-c2nsc(C(F)(F)F)c2CO)c(F)c1. The first-order valence-electron chi connectivity index (χ1n) is 5.27. The molecule has 1 N–H and O–H groups in total. The molecular formula is C12H9F4NOS. The molecule has 0 amide bonds. The van der Waals surface area contributed by atoms with Gasteiger partial charge in [0.25, 0.3) is 0 Å². The summed E-state index contributed by atoms with van der Waals surface area (Å²) in [7, 11) is 0. The summed E-state index contributed by atoms with van der Waals surface area (Å²) in [6.45, 7) is 0.829. The van der Waals surface area contributed by atoms with Gasteiger partial charge >= 0.3 is 6.18 Å². The van der Waals surface area contributed by atoms with Crippen molar-refractivity contribution >= 4 is 11.5 Å². The van der Waals surface area contributed by atoms with E-state index in [2.05, 4.69) is 4.37 Å². The third-order valence-electron chi connectivity index (χ3n) is 2.58. The number of benzene rings is 1. The maximum atomic E-state index is 13.8. The average Bonchev–Trinajstić information content (AvgIpc) is 2.72. The van der Waals surface area contributed by atoms with Crippen molar-refractivity contribution in [3.8, 4) is 11.3 Å². The zero-order valence-electron chi connectivity index (χ0n) is 9.75. The number of alkyl halides is 3. The predicted octanol–water partition coefficient (Wildman–Crippen LogP) is 3.77. The van der Waals surface area contributed by atoms with Gasteiger partial charge in [-0.1, -0.05) is 6.07 Å². The first-order chi connectivity index (χ1) is 8.84. The number of nitrogens with zero attached hydrogens (tertiary/aromatic N) is 1. The first kappa shape index (κ1) is 14.0. The fraction of sp³-hybridized carbons (Fsp3) is 0.250. The molecule has 0 unspecified atom stereocenters. The van der Waals surface area contributed by atoms with Crippen LogP contribution in [0.4, 0.5) is 17.6 Å². The van der Waals surface area contributed by atoms with Gasteiger partial charge in [-0.25, -0.2) is 4.39 Å². The van der Waals surface area contributed by atoms with Gasteiger partial charge in [-0.2, -0.15) is 17.5 Å². The molecule has 7 heteroatoms. The van der Waals surface area contributed by atoms with E-state index in [-0.39, 0.29) is 28.4 Å². The Balaban J connectivity index is 2.60. The van der Waals surface area contributed by atoms with Gasteiger partial charge in [-0.05, 0) is 36.2 Å². The molecule has 2 rings (SSSR count). The van der Waals surface area contributed by atoms with Crippen LogP contribution >= 0.6 is 11.5 Å². The first-order valence-corrected chi connectivity index (χ1v) is 6.05. The standard InChI is InChI=1S/C12H9F4NOS/c1-6-2-3-7(9(13)4-6)10-8(5-18)11(19-17-10)12(14,15)16/h2-4,18H,5H2,1H3. The topological polar surface area (TPSA) is 33.1 Å². The van der Waals surface area contributed by atoms with Crippen molar-refractivity contribution in [1.82, 2.24) is 4.37 Å². The molecule has 1 aromatic heterocycles. The van der Waals surface area contributed by atoms with Gasteiger partial charge in [0.05, 0.1) is 12.3 Å². The largest absolute Gasteiger partial charge is 0.427 e. The molecule has 0 radical (unpaired) electrons. The summed E-state index contributed by atoms with van der Waals surface area (Å²) in [5.41, 5.74) is 0.0667. The van der Waals surface area contributed by atoms with E-state index in [1.54, 1.807) is 13.0 Å². The summed E-state index contributed by atoms with van der Waals surface area (Å²) in [5.74, 6) is -0.659. The van der Waals surface area contributed by atoms with Crippen LogP contribution in [-0.2, 0) is 12.8 Å². The van der Waals surface area contributed by atoms with E-state index >= 15 is 0 Å². The molecular weight excluding hydrogens is 282 g/mol. The molecule has 0 aliphatic carbocycles. The fourth-order valence-electron chi connectivity index (χ4n) is 1.70. The Hall–Kier alpha value is -1.47. The Labute approximate surface area is 110 Å². The number of aryl methyl sites for hydroxylation is 1. The Kier molecular flexibility index (Phi) is 3.60. The summed E-state index contributed by atoms with van der Waals surface area (Å²) < 4.78 is 55.5. The molecule has 0 atom stereocenters. The molecule has 0 spiro atoms. The van der Waals surface area contributed by atoms with Crippen LogP contribution in [0.1, 0.15) is 16.0 Å². The second-order valence-electron chi connectivity index (χ2n) is 3.98. The number of halogens is 4. The van der Waals surface area contributed by atoms with Crippen LogP contribution in [0.5, 0.6) is 0 Å². The summed E-state index contributed by atoms with van der Waals surface area (Å²) in [5, 5.41) is 9.10. The van der Waals surface area contributed by atoms with Gasteiger partial charge in [0, 0.05) is 11.1 Å². The van der Waals surface area contributed by atoms with Gasteiger partial charge in [0.1, 0.15) is 10.7 Å². The molecule has 2 aromatic rings. The van der Waals surface area contributed by atoms with E-state index in [1.165, 1.54) is 12.1 Å². The highest BCUT2D eigenvalue weighted by Gasteiger charge is 2.37. The Morgan fingerprint density at radius 3 is 2.53 bits per heavy atom. The zero-order valence-corrected chi connectivity index (χ0v) is 10.6. The molecule has 1 heterocycles. The maximum absolute atomic E-state index is 13.8. The third kappa shape index (κ3) is 2.62. The Morgan fingerprint density at radius 1 is 1.32 bits per heavy atom. The molecule has 2 nitrogen and oxygen atoms in total. The number of aromatic nitrogens is 1. The van der Waals surface area contributed by atoms with Crippen LogP contribution in [0.25, 0.3) is 11.3 Å². The van der Waals surface area contributed by atoms with Crippen LogP contribution in [0.2, 0.25) is 0 Å². The second-order valence-corrected chi connectivity index (χ2v) is 4.75. The molecule has 0 saturated carbocycles. The van der Waals surface area contributed by atoms with E-state index in [0.29, 0.717) is 5.56 Å². The van der Waals surface area contributed by atoms with E-state index in [0.717, 1.165) is 0 Å². The maximum Gasteiger partial charge on any atom is 0.427 e. The molecule has 1 aromatic carbocycles. The average molecular weight is 291 g/mol. The highest BCUT2D eigenvalue weighted by Crippen LogP contribution is 2.40. The van der Waals surface area contributed by atoms with Crippen molar-refractivity contribution in [3.05, 3.63) is 40.0 Å². The molecule has 0 bridgehead atoms. The number of hydrogen-bond acceptors (Lipinski definition) is 3. The van der Waals surface area contributed by atoms with Crippen LogP contribution in [0, 0.1) is 12.7 Å². The highest BCUT2D eigenvalue weighted by molar-refractivity contribution is 7.06. The van der Waals surface area contributed by atoms with Gasteiger partial charge in [0.15, 0.2) is 0 Å². The summed E-state index contributed by atoms with van der Waals surface area (Å²) >= 11 is 0.214. The van der Waals surface area contributed by atoms with Crippen molar-refractivity contribution in [1.29, 1.82) is 0 Å². The minimum Gasteiger partial charge on any atom is -0.392 e. The van der Waals surface area contributed by atoms with Gasteiger partial charge in [-0.3, -0.25) is 0 Å². The van der Waals surface area contributed by atoms with Gasteiger partial charge < -0.3 is 5.11 Å². The molecule has 19 heavy (non-hydrogen) atoms. The van der Waals surface area contributed by atoms with E-state index in [4.69, 9.17) is 5.11 Å². The normalized spacial score (nSPS) is 11.9. The van der Waals surface area contributed by atoms with Crippen LogP contribution < -0.4 is 0 Å². The summed E-state index contributed by atoms with van der Waals surface area (Å²) in [6, 6.07) is 4.15. The molecule has 0 fully saturated rings. The van der Waals surface area contributed by atoms with Crippen molar-refractivity contribution < 1.29 is 22.7 Å². The van der Waals surface area contributed by atoms with Gasteiger partial charge in [0.2, 0.25) is 0 Å². The lowest BCUT2D eigenvalue weighted by Gasteiger charge is -2.07. The third-order valence-corrected chi connectivity index (χ3v) is 3.52. The van der Waals surface area contributed by atoms with Crippen LogP contribution in [0.15, 0.2) is 18.2 Å². The fourth-order valence-corrected chi connectivity index (χ4v) is 2.47. The number of aliphatic hydroxyl groups excluding tert-OH is 1. The van der Waals surface area contributed by atoms with E-state index < -0.39 is 23.5 Å². The highest BCUT2D eigenvalue weighted by atomic mass is 32.1. The lowest BCUT2D eigenvalue weighted by Crippen LogP contribution is -2.06. The van der Waals surface area contributed by atoms with Crippen LogP contribution in [0.3, 0.4) is 0 Å². The van der Waals surface area contributed by atoms with E-state index in [1.807, 2.05) is 0 Å². The lowest BCUT2D eigenvalue weighted by atomic mass is 10.0. The molecule has 102 valence electrons. The minimum atomic E-state index is -4.60. The quantitative estimate of drug-likeness (QED) is 0.854. The van der Waals surface area contributed by atoms with Crippen molar-refractivity contribution in [2.45, 2.75) is 19.7 Å². The van der Waals surface area contributed by atoms with Crippen molar-refractivity contribution in [2.24, 2.45) is 0 Å². The van der Waals surface area contributed by atoms with Crippen LogP contribution in [-0.4, -0.2) is 9.48 Å². The predicted molar refractivity (Wildman–Crippen MR) is 63.2 cm³/mol. The second kappa shape index (κ2) is 4.90. The Morgan fingerprint density at radius 2 is 2.00 bits per heavy atom. The number of hydrogen-bond donors (Lipinski definition) is 1. The van der Waals surface area contributed by atoms with Crippen molar-refractivity contribution in [3.63, 3.8) is 0 Å². The molecule has 0 aliphatic rings. The smallest absolute Gasteiger partial charge is 0.392 e. The lowest BCUT2D eigenvalue weighted by molar-refractivity contribution is -0.135. The molecule has 0 aliphatic heterocycles. The van der Waals surface area contributed by atoms with Gasteiger partial charge in [-0.15, -0.1) is 0 Å². The van der Waals surface area contributed by atoms with E-state index in [9.17, 15) is 17.6 Å². The zero-order chi connectivity index (χ0) is 14.2. The molecule has 0 saturated heterocycles. The minimum absolute atomic E-state index is 0.0404. The Bertz CT molecular complexity index is 606. The monoisotopic (exact) mass is 291 g/mol. The number of aliphatic hydroxyl groups is 1.